The van der Waals surface area contributed by atoms with E-state index in [9.17, 15) is 5.11 Å². The van der Waals surface area contributed by atoms with Crippen molar-refractivity contribution in [1.82, 2.24) is 0 Å². The highest BCUT2D eigenvalue weighted by Gasteiger charge is 2.39. The molecule has 0 aromatic heterocycles. The molecule has 0 unspecified atom stereocenters. The average Bonchev–Trinajstić information content (AvgIpc) is 2.20. The molecule has 1 aliphatic heterocycles. The third-order valence-electron chi connectivity index (χ3n) is 2.59. The molecule has 5 heteroatoms. The minimum Gasteiger partial charge on any atom is -0.490 e. The molecule has 88 valence electrons. The molecular formula is C11H12Cl2O3. The van der Waals surface area contributed by atoms with Gasteiger partial charge in [0.05, 0.1) is 35.3 Å². The molecule has 1 fully saturated rings. The summed E-state index contributed by atoms with van der Waals surface area (Å²) in [5, 5.41) is 10.2. The van der Waals surface area contributed by atoms with E-state index in [1.165, 1.54) is 0 Å². The number of hydrogen-bond donors (Lipinski definition) is 1. The van der Waals surface area contributed by atoms with Crippen LogP contribution in [0.3, 0.4) is 0 Å². The number of hydrogen-bond acceptors (Lipinski definition) is 3. The first kappa shape index (κ1) is 12.0. The van der Waals surface area contributed by atoms with Crippen LogP contribution in [-0.2, 0) is 4.74 Å². The molecule has 0 radical (unpaired) electrons. The molecule has 0 bridgehead atoms. The zero-order valence-corrected chi connectivity index (χ0v) is 10.1. The summed E-state index contributed by atoms with van der Waals surface area (Å²) in [5.74, 6) is 0.463. The summed E-state index contributed by atoms with van der Waals surface area (Å²) in [6, 6.07) is 5.18. The highest BCUT2D eigenvalue weighted by molar-refractivity contribution is 6.37. The van der Waals surface area contributed by atoms with Gasteiger partial charge in [0.25, 0.3) is 0 Å². The number of para-hydroxylation sites is 1. The Morgan fingerprint density at radius 3 is 2.38 bits per heavy atom. The van der Waals surface area contributed by atoms with E-state index < -0.39 is 0 Å². The van der Waals surface area contributed by atoms with Gasteiger partial charge in [-0.15, -0.1) is 0 Å². The summed E-state index contributed by atoms with van der Waals surface area (Å²) in [4.78, 5) is 0. The van der Waals surface area contributed by atoms with Crippen LogP contribution in [-0.4, -0.2) is 31.5 Å². The van der Waals surface area contributed by atoms with Crippen LogP contribution in [0.15, 0.2) is 18.2 Å². The number of halogens is 2. The van der Waals surface area contributed by atoms with Crippen molar-refractivity contribution < 1.29 is 14.6 Å². The Bertz CT molecular complexity index is 352. The van der Waals surface area contributed by atoms with Gasteiger partial charge in [0, 0.05) is 0 Å². The van der Waals surface area contributed by atoms with E-state index in [2.05, 4.69) is 0 Å². The van der Waals surface area contributed by atoms with Crippen LogP contribution >= 0.6 is 23.2 Å². The van der Waals surface area contributed by atoms with E-state index in [1.807, 2.05) is 0 Å². The van der Waals surface area contributed by atoms with Crippen LogP contribution in [0.1, 0.15) is 0 Å². The SMILES string of the molecule is OCC1(COc2c(Cl)cccc2Cl)COC1. The monoisotopic (exact) mass is 262 g/mol. The van der Waals surface area contributed by atoms with Crippen LogP contribution < -0.4 is 4.74 Å². The average molecular weight is 263 g/mol. The standard InChI is InChI=1S/C11H12Cl2O3/c12-8-2-1-3-9(13)10(8)16-7-11(4-14)5-15-6-11/h1-3,14H,4-7H2. The van der Waals surface area contributed by atoms with Gasteiger partial charge < -0.3 is 14.6 Å². The van der Waals surface area contributed by atoms with E-state index in [0.717, 1.165) is 0 Å². The van der Waals surface area contributed by atoms with E-state index in [0.29, 0.717) is 35.6 Å². The molecule has 3 nitrogen and oxygen atoms in total. The van der Waals surface area contributed by atoms with E-state index in [-0.39, 0.29) is 12.0 Å². The lowest BCUT2D eigenvalue weighted by Crippen LogP contribution is -2.49. The highest BCUT2D eigenvalue weighted by atomic mass is 35.5. The fraction of sp³-hybridized carbons (Fsp3) is 0.455. The van der Waals surface area contributed by atoms with Crippen LogP contribution in [0, 0.1) is 5.41 Å². The number of rotatable bonds is 4. The molecule has 1 aromatic rings. The van der Waals surface area contributed by atoms with Gasteiger partial charge in [0.1, 0.15) is 6.61 Å². The van der Waals surface area contributed by atoms with Gasteiger partial charge in [-0.25, -0.2) is 0 Å². The molecule has 0 amide bonds. The molecule has 1 aliphatic rings. The predicted molar refractivity (Wildman–Crippen MR) is 62.3 cm³/mol. The van der Waals surface area contributed by atoms with Gasteiger partial charge >= 0.3 is 0 Å². The second kappa shape index (κ2) is 4.80. The van der Waals surface area contributed by atoms with Gasteiger partial charge in [-0.05, 0) is 12.1 Å². The Morgan fingerprint density at radius 1 is 1.31 bits per heavy atom. The fourth-order valence-electron chi connectivity index (χ4n) is 1.46. The van der Waals surface area contributed by atoms with Crippen molar-refractivity contribution in [3.05, 3.63) is 28.2 Å². The minimum atomic E-state index is -0.303. The maximum absolute atomic E-state index is 9.23. The van der Waals surface area contributed by atoms with Gasteiger partial charge in [-0.1, -0.05) is 29.3 Å². The molecule has 1 saturated heterocycles. The quantitative estimate of drug-likeness (QED) is 0.906. The van der Waals surface area contributed by atoms with E-state index in [4.69, 9.17) is 32.7 Å². The minimum absolute atomic E-state index is 0.0368. The second-order valence-electron chi connectivity index (χ2n) is 3.99. The van der Waals surface area contributed by atoms with Gasteiger partial charge in [0.15, 0.2) is 5.75 Å². The first-order valence-corrected chi connectivity index (χ1v) is 5.68. The molecule has 2 rings (SSSR count). The smallest absolute Gasteiger partial charge is 0.156 e. The van der Waals surface area contributed by atoms with Crippen molar-refractivity contribution in [3.8, 4) is 5.75 Å². The van der Waals surface area contributed by atoms with Crippen LogP contribution in [0.4, 0.5) is 0 Å². The second-order valence-corrected chi connectivity index (χ2v) is 4.80. The Labute approximate surface area is 104 Å². The zero-order chi connectivity index (χ0) is 11.6. The number of aliphatic hydroxyl groups is 1. The molecule has 1 heterocycles. The van der Waals surface area contributed by atoms with Crippen molar-refractivity contribution in [2.24, 2.45) is 5.41 Å². The summed E-state index contributed by atoms with van der Waals surface area (Å²) in [7, 11) is 0. The van der Waals surface area contributed by atoms with Gasteiger partial charge in [0.2, 0.25) is 0 Å². The molecule has 16 heavy (non-hydrogen) atoms. The fourth-order valence-corrected chi connectivity index (χ4v) is 1.96. The summed E-state index contributed by atoms with van der Waals surface area (Å²) in [5.41, 5.74) is -0.303. The van der Waals surface area contributed by atoms with Crippen molar-refractivity contribution in [3.63, 3.8) is 0 Å². The number of ether oxygens (including phenoxy) is 2. The van der Waals surface area contributed by atoms with Crippen molar-refractivity contribution in [2.75, 3.05) is 26.4 Å². The van der Waals surface area contributed by atoms with E-state index in [1.54, 1.807) is 18.2 Å². The lowest BCUT2D eigenvalue weighted by Gasteiger charge is -2.39. The van der Waals surface area contributed by atoms with Gasteiger partial charge in [-0.2, -0.15) is 0 Å². The third-order valence-corrected chi connectivity index (χ3v) is 3.19. The normalized spacial score (nSPS) is 17.9. The Hall–Kier alpha value is -0.480. The number of benzene rings is 1. The lowest BCUT2D eigenvalue weighted by molar-refractivity contribution is -0.153. The Morgan fingerprint density at radius 2 is 1.94 bits per heavy atom. The molecular weight excluding hydrogens is 251 g/mol. The maximum atomic E-state index is 9.23. The van der Waals surface area contributed by atoms with Crippen molar-refractivity contribution in [1.29, 1.82) is 0 Å². The highest BCUT2D eigenvalue weighted by Crippen LogP contribution is 2.35. The summed E-state index contributed by atoms with van der Waals surface area (Å²) < 4.78 is 10.6. The van der Waals surface area contributed by atoms with Crippen LogP contribution in [0.5, 0.6) is 5.75 Å². The molecule has 0 aliphatic carbocycles. The molecule has 1 aromatic carbocycles. The topological polar surface area (TPSA) is 38.7 Å². The van der Waals surface area contributed by atoms with Gasteiger partial charge in [-0.3, -0.25) is 0 Å². The molecule has 0 saturated carbocycles. The predicted octanol–water partition coefficient (Wildman–Crippen LogP) is 2.38. The van der Waals surface area contributed by atoms with Crippen LogP contribution in [0.2, 0.25) is 10.0 Å². The zero-order valence-electron chi connectivity index (χ0n) is 8.58. The first-order valence-electron chi connectivity index (χ1n) is 4.92. The summed E-state index contributed by atoms with van der Waals surface area (Å²) in [6.07, 6.45) is 0. The summed E-state index contributed by atoms with van der Waals surface area (Å²) >= 11 is 11.9. The first-order chi connectivity index (χ1) is 7.67. The number of aliphatic hydroxyl groups excluding tert-OH is 1. The largest absolute Gasteiger partial charge is 0.490 e. The Balaban J connectivity index is 2.04. The third kappa shape index (κ3) is 2.28. The molecule has 0 spiro atoms. The Kier molecular flexibility index (Phi) is 3.60. The maximum Gasteiger partial charge on any atom is 0.156 e. The molecule has 1 N–H and O–H groups in total. The van der Waals surface area contributed by atoms with Crippen LogP contribution in [0.25, 0.3) is 0 Å². The van der Waals surface area contributed by atoms with Crippen molar-refractivity contribution >= 4 is 23.2 Å². The van der Waals surface area contributed by atoms with Crippen molar-refractivity contribution in [2.45, 2.75) is 0 Å². The van der Waals surface area contributed by atoms with E-state index >= 15 is 0 Å². The summed E-state index contributed by atoms with van der Waals surface area (Å²) in [6.45, 7) is 1.40. The molecule has 0 atom stereocenters. The lowest BCUT2D eigenvalue weighted by atomic mass is 9.88.